The lowest BCUT2D eigenvalue weighted by Crippen LogP contribution is -2.38. The van der Waals surface area contributed by atoms with Gasteiger partial charge in [-0.25, -0.2) is 0 Å². The number of hydrogen-bond acceptors (Lipinski definition) is 3. The van der Waals surface area contributed by atoms with E-state index in [1.54, 1.807) is 11.8 Å². The third-order valence-electron chi connectivity index (χ3n) is 3.87. The van der Waals surface area contributed by atoms with Gasteiger partial charge in [0, 0.05) is 6.04 Å². The molecule has 0 spiro atoms. The van der Waals surface area contributed by atoms with Gasteiger partial charge in [0.15, 0.2) is 5.17 Å². The van der Waals surface area contributed by atoms with E-state index >= 15 is 0 Å². The van der Waals surface area contributed by atoms with E-state index in [0.29, 0.717) is 17.9 Å². The van der Waals surface area contributed by atoms with E-state index in [1.165, 1.54) is 0 Å². The van der Waals surface area contributed by atoms with Gasteiger partial charge in [-0.05, 0) is 31.1 Å². The zero-order valence-corrected chi connectivity index (χ0v) is 13.9. The molecule has 0 unspecified atom stereocenters. The van der Waals surface area contributed by atoms with Crippen molar-refractivity contribution in [2.75, 3.05) is 0 Å². The molecule has 1 N–H and O–H groups in total. The molecule has 0 saturated carbocycles. The molecule has 0 bridgehead atoms. The minimum absolute atomic E-state index is 0.0389. The molecular weight excluding hydrogens is 256 g/mol. The van der Waals surface area contributed by atoms with Crippen molar-refractivity contribution in [3.8, 4) is 0 Å². The Morgan fingerprint density at radius 1 is 1.21 bits per heavy atom. The van der Waals surface area contributed by atoms with Crippen LogP contribution in [0.25, 0.3) is 0 Å². The Hall–Kier alpha value is -0.510. The summed E-state index contributed by atoms with van der Waals surface area (Å²) < 4.78 is -0.318. The summed E-state index contributed by atoms with van der Waals surface area (Å²) in [4.78, 5) is 16.3. The zero-order valence-electron chi connectivity index (χ0n) is 13.1. The lowest BCUT2D eigenvalue weighted by molar-refractivity contribution is -0.119. The van der Waals surface area contributed by atoms with Crippen LogP contribution in [0.15, 0.2) is 4.99 Å². The molecule has 1 aliphatic heterocycles. The topological polar surface area (TPSA) is 41.5 Å². The van der Waals surface area contributed by atoms with Gasteiger partial charge in [-0.2, -0.15) is 4.99 Å². The minimum Gasteiger partial charge on any atom is -0.362 e. The Morgan fingerprint density at radius 3 is 2.16 bits per heavy atom. The van der Waals surface area contributed by atoms with Crippen LogP contribution in [0.5, 0.6) is 0 Å². The molecule has 0 radical (unpaired) electrons. The van der Waals surface area contributed by atoms with Crippen LogP contribution in [-0.4, -0.2) is 21.9 Å². The van der Waals surface area contributed by atoms with Crippen LogP contribution < -0.4 is 5.32 Å². The Labute approximate surface area is 122 Å². The maximum absolute atomic E-state index is 12.1. The molecule has 0 saturated heterocycles. The van der Waals surface area contributed by atoms with E-state index in [1.807, 2.05) is 0 Å². The minimum atomic E-state index is -0.318. The highest BCUT2D eigenvalue weighted by Crippen LogP contribution is 2.39. The lowest BCUT2D eigenvalue weighted by atomic mass is 9.95. The van der Waals surface area contributed by atoms with Gasteiger partial charge in [-0.3, -0.25) is 4.79 Å². The number of aliphatic imine (C=N–C) groups is 1. The molecule has 1 rings (SSSR count). The van der Waals surface area contributed by atoms with Gasteiger partial charge < -0.3 is 5.32 Å². The maximum atomic E-state index is 12.1. The number of carbonyl (C=O) groups excluding carboxylic acids is 1. The summed E-state index contributed by atoms with van der Waals surface area (Å²) in [5.74, 6) is 1.22. The number of thioether (sulfide) groups is 1. The molecule has 110 valence electrons. The van der Waals surface area contributed by atoms with Crippen LogP contribution in [0.1, 0.15) is 60.8 Å². The van der Waals surface area contributed by atoms with Crippen molar-refractivity contribution >= 4 is 22.8 Å². The standard InChI is InChI=1S/C15H28N2OS/c1-7-15(8-2)13(18)17-14(19-15)16-12(11(5)6)9-10(3)4/h10-12H,7-9H2,1-6H3,(H,16,17,18)/t12-/m0/s1. The molecule has 1 amide bonds. The molecular formula is C15H28N2OS. The average molecular weight is 284 g/mol. The monoisotopic (exact) mass is 284 g/mol. The number of amides is 1. The molecule has 3 nitrogen and oxygen atoms in total. The van der Waals surface area contributed by atoms with Gasteiger partial charge >= 0.3 is 0 Å². The largest absolute Gasteiger partial charge is 0.362 e. The molecule has 19 heavy (non-hydrogen) atoms. The summed E-state index contributed by atoms with van der Waals surface area (Å²) in [7, 11) is 0. The fraction of sp³-hybridized carbons (Fsp3) is 0.867. The van der Waals surface area contributed by atoms with Gasteiger partial charge in [0.2, 0.25) is 0 Å². The second kappa shape index (κ2) is 6.78. The van der Waals surface area contributed by atoms with E-state index in [2.05, 4.69) is 51.9 Å². The molecule has 0 aliphatic carbocycles. The normalized spacial score (nSPS) is 20.0. The number of carbonyl (C=O) groups is 1. The van der Waals surface area contributed by atoms with Crippen molar-refractivity contribution in [1.29, 1.82) is 0 Å². The van der Waals surface area contributed by atoms with E-state index in [9.17, 15) is 4.79 Å². The number of rotatable bonds is 6. The highest BCUT2D eigenvalue weighted by Gasteiger charge is 2.42. The Balaban J connectivity index is 2.72. The number of nitrogens with zero attached hydrogens (tertiary/aromatic N) is 1. The summed E-state index contributed by atoms with van der Waals surface area (Å²) in [5.41, 5.74) is 0. The van der Waals surface area contributed by atoms with Crippen LogP contribution in [-0.2, 0) is 4.79 Å². The quantitative estimate of drug-likeness (QED) is 0.806. The van der Waals surface area contributed by atoms with E-state index in [4.69, 9.17) is 0 Å². The van der Waals surface area contributed by atoms with Crippen LogP contribution >= 0.6 is 11.8 Å². The first-order valence-electron chi connectivity index (χ1n) is 7.43. The second-order valence-corrected chi connectivity index (χ2v) is 7.52. The molecule has 0 aromatic rings. The second-order valence-electron chi connectivity index (χ2n) is 6.15. The van der Waals surface area contributed by atoms with Gasteiger partial charge in [0.05, 0.1) is 0 Å². The molecule has 1 atom stereocenters. The van der Waals surface area contributed by atoms with Crippen LogP contribution in [0, 0.1) is 11.8 Å². The third-order valence-corrected chi connectivity index (χ3v) is 5.41. The summed E-state index contributed by atoms with van der Waals surface area (Å²) in [6, 6.07) is 0.392. The van der Waals surface area contributed by atoms with Crippen LogP contribution in [0.3, 0.4) is 0 Å². The van der Waals surface area contributed by atoms with Crippen LogP contribution in [0.2, 0.25) is 0 Å². The fourth-order valence-corrected chi connectivity index (χ4v) is 3.50. The SMILES string of the molecule is CCC1(CC)SC(N[C@@H](CC(C)C)C(C)C)=NC1=O. The Kier molecular flexibility index (Phi) is 5.90. The predicted octanol–water partition coefficient (Wildman–Crippen LogP) is 3.83. The number of amidine groups is 1. The molecule has 4 heteroatoms. The summed E-state index contributed by atoms with van der Waals surface area (Å²) >= 11 is 1.63. The molecule has 0 aromatic heterocycles. The van der Waals surface area contributed by atoms with Crippen molar-refractivity contribution in [2.45, 2.75) is 71.6 Å². The third kappa shape index (κ3) is 3.98. The number of nitrogens with one attached hydrogen (secondary N) is 1. The summed E-state index contributed by atoms with van der Waals surface area (Å²) in [5, 5.41) is 4.32. The molecule has 0 aromatic carbocycles. The maximum Gasteiger partial charge on any atom is 0.264 e. The summed E-state index contributed by atoms with van der Waals surface area (Å²) in [6.07, 6.45) is 2.80. The van der Waals surface area contributed by atoms with Gasteiger partial charge in [-0.1, -0.05) is 53.3 Å². The lowest BCUT2D eigenvalue weighted by Gasteiger charge is -2.26. The predicted molar refractivity (Wildman–Crippen MR) is 84.6 cm³/mol. The van der Waals surface area contributed by atoms with Crippen molar-refractivity contribution in [2.24, 2.45) is 16.8 Å². The average Bonchev–Trinajstić information content (AvgIpc) is 2.64. The number of hydrogen-bond donors (Lipinski definition) is 1. The Morgan fingerprint density at radius 2 is 1.79 bits per heavy atom. The van der Waals surface area contributed by atoms with Crippen molar-refractivity contribution in [1.82, 2.24) is 5.32 Å². The van der Waals surface area contributed by atoms with E-state index < -0.39 is 0 Å². The van der Waals surface area contributed by atoms with Crippen molar-refractivity contribution in [3.05, 3.63) is 0 Å². The molecule has 1 heterocycles. The van der Waals surface area contributed by atoms with E-state index in [0.717, 1.165) is 24.4 Å². The fourth-order valence-electron chi connectivity index (χ4n) is 2.37. The van der Waals surface area contributed by atoms with Gasteiger partial charge in [-0.15, -0.1) is 0 Å². The van der Waals surface area contributed by atoms with Gasteiger partial charge in [0.1, 0.15) is 4.75 Å². The first-order chi connectivity index (χ1) is 8.84. The van der Waals surface area contributed by atoms with Crippen LogP contribution in [0.4, 0.5) is 0 Å². The summed E-state index contributed by atoms with van der Waals surface area (Å²) in [6.45, 7) is 13.0. The highest BCUT2D eigenvalue weighted by molar-refractivity contribution is 8.16. The molecule has 1 aliphatic rings. The van der Waals surface area contributed by atoms with Crippen molar-refractivity contribution < 1.29 is 4.79 Å². The zero-order chi connectivity index (χ0) is 14.6. The first-order valence-corrected chi connectivity index (χ1v) is 8.25. The Bertz CT molecular complexity index is 346. The van der Waals surface area contributed by atoms with Crippen molar-refractivity contribution in [3.63, 3.8) is 0 Å². The highest BCUT2D eigenvalue weighted by atomic mass is 32.2. The molecule has 0 fully saturated rings. The van der Waals surface area contributed by atoms with E-state index in [-0.39, 0.29) is 10.7 Å². The smallest absolute Gasteiger partial charge is 0.264 e. The van der Waals surface area contributed by atoms with Gasteiger partial charge in [0.25, 0.3) is 5.91 Å². The first kappa shape index (κ1) is 16.5.